The molecule has 20 heavy (non-hydrogen) atoms. The van der Waals surface area contributed by atoms with Gasteiger partial charge in [-0.05, 0) is 36.6 Å². The minimum atomic E-state index is -0.219. The Bertz CT molecular complexity index is 401. The van der Waals surface area contributed by atoms with E-state index < -0.39 is 0 Å². The van der Waals surface area contributed by atoms with Gasteiger partial charge in [0.25, 0.3) is 5.91 Å². The van der Waals surface area contributed by atoms with Crippen LogP contribution in [0.15, 0.2) is 24.3 Å². The van der Waals surface area contributed by atoms with Crippen molar-refractivity contribution in [1.29, 1.82) is 0 Å². The molecular formula is C16H25NO3. The summed E-state index contributed by atoms with van der Waals surface area (Å²) in [6.45, 7) is 6.68. The Morgan fingerprint density at radius 1 is 1.30 bits per heavy atom. The van der Waals surface area contributed by atoms with Gasteiger partial charge in [-0.25, -0.2) is 0 Å². The Morgan fingerprint density at radius 3 is 2.45 bits per heavy atom. The smallest absolute Gasteiger partial charge is 0.251 e. The van der Waals surface area contributed by atoms with E-state index in [0.29, 0.717) is 12.2 Å². The van der Waals surface area contributed by atoms with Gasteiger partial charge in [-0.15, -0.1) is 0 Å². The van der Waals surface area contributed by atoms with Crippen LogP contribution < -0.4 is 10.1 Å². The molecule has 0 fully saturated rings. The zero-order valence-electron chi connectivity index (χ0n) is 12.6. The number of amides is 1. The Hall–Kier alpha value is -1.55. The average Bonchev–Trinajstić information content (AvgIpc) is 2.45. The Morgan fingerprint density at radius 2 is 1.95 bits per heavy atom. The number of unbranched alkanes of at least 4 members (excludes halogenated alkanes) is 1. The summed E-state index contributed by atoms with van der Waals surface area (Å²) in [6.07, 6.45) is 2.12. The first kappa shape index (κ1) is 16.5. The van der Waals surface area contributed by atoms with Crippen molar-refractivity contribution in [1.82, 2.24) is 5.32 Å². The van der Waals surface area contributed by atoms with Gasteiger partial charge in [-0.1, -0.05) is 27.2 Å². The Labute approximate surface area is 121 Å². The Balaban J connectivity index is 2.56. The van der Waals surface area contributed by atoms with Crippen LogP contribution >= 0.6 is 0 Å². The van der Waals surface area contributed by atoms with E-state index in [1.165, 1.54) is 0 Å². The van der Waals surface area contributed by atoms with Crippen molar-refractivity contribution in [3.8, 4) is 5.75 Å². The standard InChI is InChI=1S/C16H25NO3/c1-4-5-10-20-14-8-6-13(7-9-14)16(19)17-15(11-18)12(2)3/h6-9,12,15,18H,4-5,10-11H2,1-3H3,(H,17,19)/t15-/m1/s1. The molecule has 0 spiro atoms. The molecule has 0 unspecified atom stereocenters. The van der Waals surface area contributed by atoms with Crippen molar-refractivity contribution in [2.24, 2.45) is 5.92 Å². The summed E-state index contributed by atoms with van der Waals surface area (Å²) in [5.74, 6) is 0.802. The van der Waals surface area contributed by atoms with Crippen LogP contribution in [0.25, 0.3) is 0 Å². The Kier molecular flexibility index (Phi) is 7.09. The van der Waals surface area contributed by atoms with Crippen molar-refractivity contribution < 1.29 is 14.6 Å². The summed E-state index contributed by atoms with van der Waals surface area (Å²) in [6, 6.07) is 6.86. The first-order valence-corrected chi connectivity index (χ1v) is 7.23. The largest absolute Gasteiger partial charge is 0.494 e. The van der Waals surface area contributed by atoms with E-state index in [0.717, 1.165) is 18.6 Å². The second kappa shape index (κ2) is 8.59. The third-order valence-corrected chi connectivity index (χ3v) is 3.20. The summed E-state index contributed by atoms with van der Waals surface area (Å²) in [5.41, 5.74) is 0.576. The van der Waals surface area contributed by atoms with E-state index >= 15 is 0 Å². The van der Waals surface area contributed by atoms with E-state index in [1.54, 1.807) is 24.3 Å². The number of ether oxygens (including phenoxy) is 1. The predicted molar refractivity (Wildman–Crippen MR) is 80.0 cm³/mol. The van der Waals surface area contributed by atoms with E-state index in [9.17, 15) is 9.90 Å². The molecule has 1 amide bonds. The summed E-state index contributed by atoms with van der Waals surface area (Å²) < 4.78 is 5.55. The van der Waals surface area contributed by atoms with Gasteiger partial charge in [0, 0.05) is 5.56 Å². The van der Waals surface area contributed by atoms with E-state index in [-0.39, 0.29) is 24.5 Å². The van der Waals surface area contributed by atoms with Crippen molar-refractivity contribution in [2.75, 3.05) is 13.2 Å². The number of hydrogen-bond donors (Lipinski definition) is 2. The minimum absolute atomic E-state index is 0.0539. The van der Waals surface area contributed by atoms with Gasteiger partial charge >= 0.3 is 0 Å². The highest BCUT2D eigenvalue weighted by atomic mass is 16.5. The number of nitrogens with one attached hydrogen (secondary N) is 1. The molecule has 0 saturated carbocycles. The van der Waals surface area contributed by atoms with Crippen LogP contribution in [0.1, 0.15) is 44.0 Å². The molecule has 2 N–H and O–H groups in total. The quantitative estimate of drug-likeness (QED) is 0.719. The van der Waals surface area contributed by atoms with Crippen molar-refractivity contribution >= 4 is 5.91 Å². The molecular weight excluding hydrogens is 254 g/mol. The predicted octanol–water partition coefficient (Wildman–Crippen LogP) is 2.61. The molecule has 1 aromatic carbocycles. The SMILES string of the molecule is CCCCOc1ccc(C(=O)N[C@H](CO)C(C)C)cc1. The van der Waals surface area contributed by atoms with Crippen LogP contribution in [0.3, 0.4) is 0 Å². The van der Waals surface area contributed by atoms with Gasteiger partial charge in [-0.2, -0.15) is 0 Å². The topological polar surface area (TPSA) is 58.6 Å². The lowest BCUT2D eigenvalue weighted by molar-refractivity contribution is 0.0897. The van der Waals surface area contributed by atoms with Gasteiger partial charge in [0.2, 0.25) is 0 Å². The van der Waals surface area contributed by atoms with Crippen molar-refractivity contribution in [3.05, 3.63) is 29.8 Å². The van der Waals surface area contributed by atoms with Gasteiger partial charge in [0.15, 0.2) is 0 Å². The fourth-order valence-corrected chi connectivity index (χ4v) is 1.71. The van der Waals surface area contributed by atoms with Crippen molar-refractivity contribution in [2.45, 2.75) is 39.7 Å². The lowest BCUT2D eigenvalue weighted by Crippen LogP contribution is -2.41. The number of benzene rings is 1. The molecule has 0 aliphatic carbocycles. The lowest BCUT2D eigenvalue weighted by atomic mass is 10.0. The van der Waals surface area contributed by atoms with E-state index in [4.69, 9.17) is 4.74 Å². The molecule has 0 heterocycles. The van der Waals surface area contributed by atoms with Gasteiger partial charge in [0.05, 0.1) is 19.3 Å². The van der Waals surface area contributed by atoms with Crippen molar-refractivity contribution in [3.63, 3.8) is 0 Å². The number of hydrogen-bond acceptors (Lipinski definition) is 3. The normalized spacial score (nSPS) is 12.2. The summed E-state index contributed by atoms with van der Waals surface area (Å²) in [7, 11) is 0. The first-order valence-electron chi connectivity index (χ1n) is 7.23. The fourth-order valence-electron chi connectivity index (χ4n) is 1.71. The number of carbonyl (C=O) groups excluding carboxylic acids is 1. The summed E-state index contributed by atoms with van der Waals surface area (Å²) >= 11 is 0. The van der Waals surface area contributed by atoms with E-state index in [2.05, 4.69) is 12.2 Å². The van der Waals surface area contributed by atoms with Gasteiger partial charge in [-0.3, -0.25) is 4.79 Å². The van der Waals surface area contributed by atoms with Crippen LogP contribution in [0, 0.1) is 5.92 Å². The molecule has 4 heteroatoms. The van der Waals surface area contributed by atoms with Crippen LogP contribution in [0.4, 0.5) is 0 Å². The highest BCUT2D eigenvalue weighted by molar-refractivity contribution is 5.94. The highest BCUT2D eigenvalue weighted by Gasteiger charge is 2.16. The molecule has 112 valence electrons. The van der Waals surface area contributed by atoms with E-state index in [1.807, 2.05) is 13.8 Å². The van der Waals surface area contributed by atoms with Crippen LogP contribution in [-0.4, -0.2) is 30.3 Å². The molecule has 0 aliphatic heterocycles. The summed E-state index contributed by atoms with van der Waals surface area (Å²) in [5, 5.41) is 12.0. The number of rotatable bonds is 8. The zero-order chi connectivity index (χ0) is 15.0. The summed E-state index contributed by atoms with van der Waals surface area (Å²) in [4.78, 5) is 12.0. The van der Waals surface area contributed by atoms with Crippen LogP contribution in [0.2, 0.25) is 0 Å². The highest BCUT2D eigenvalue weighted by Crippen LogP contribution is 2.13. The van der Waals surface area contributed by atoms with Gasteiger partial charge in [0.1, 0.15) is 5.75 Å². The third kappa shape index (κ3) is 5.21. The molecule has 0 radical (unpaired) electrons. The maximum atomic E-state index is 12.0. The second-order valence-corrected chi connectivity index (χ2v) is 5.23. The second-order valence-electron chi connectivity index (χ2n) is 5.23. The number of aliphatic hydroxyl groups excluding tert-OH is 1. The molecule has 0 bridgehead atoms. The third-order valence-electron chi connectivity index (χ3n) is 3.20. The number of carbonyl (C=O) groups is 1. The van der Waals surface area contributed by atoms with Crippen LogP contribution in [0.5, 0.6) is 5.75 Å². The first-order chi connectivity index (χ1) is 9.58. The fraction of sp³-hybridized carbons (Fsp3) is 0.562. The zero-order valence-corrected chi connectivity index (χ0v) is 12.6. The molecule has 0 aliphatic rings. The molecule has 0 aromatic heterocycles. The molecule has 4 nitrogen and oxygen atoms in total. The number of aliphatic hydroxyl groups is 1. The molecule has 1 aromatic rings. The van der Waals surface area contributed by atoms with Gasteiger partial charge < -0.3 is 15.2 Å². The lowest BCUT2D eigenvalue weighted by Gasteiger charge is -2.19. The minimum Gasteiger partial charge on any atom is -0.494 e. The molecule has 1 rings (SSSR count). The monoisotopic (exact) mass is 279 g/mol. The maximum Gasteiger partial charge on any atom is 0.251 e. The average molecular weight is 279 g/mol. The molecule has 1 atom stereocenters. The maximum absolute atomic E-state index is 12.0. The molecule has 0 saturated heterocycles. The van der Waals surface area contributed by atoms with Crippen LogP contribution in [-0.2, 0) is 0 Å².